The van der Waals surface area contributed by atoms with Gasteiger partial charge in [-0.1, -0.05) is 12.1 Å². The number of esters is 1. The van der Waals surface area contributed by atoms with E-state index in [1.54, 1.807) is 12.5 Å². The number of benzene rings is 1. The number of hydrogen-bond donors (Lipinski definition) is 2. The Bertz CT molecular complexity index is 1540. The zero-order valence-electron chi connectivity index (χ0n) is 18.9. The first-order valence-electron chi connectivity index (χ1n) is 11.3. The molecule has 1 saturated heterocycles. The first-order valence-corrected chi connectivity index (χ1v) is 11.3. The van der Waals surface area contributed by atoms with Gasteiger partial charge in [0.2, 0.25) is 0 Å². The Kier molecular flexibility index (Phi) is 5.23. The minimum atomic E-state index is -0.415. The number of H-pyrrole nitrogens is 1. The Balaban J connectivity index is 1.30. The van der Waals surface area contributed by atoms with Gasteiger partial charge in [-0.3, -0.25) is 9.97 Å². The molecule has 1 fully saturated rings. The fourth-order valence-corrected chi connectivity index (χ4v) is 3.94. The van der Waals surface area contributed by atoms with E-state index in [-0.39, 0.29) is 6.10 Å². The molecule has 1 aromatic carbocycles. The van der Waals surface area contributed by atoms with Gasteiger partial charge < -0.3 is 15.0 Å². The van der Waals surface area contributed by atoms with Crippen LogP contribution in [0.4, 0.5) is 0 Å². The van der Waals surface area contributed by atoms with Gasteiger partial charge in [0.15, 0.2) is 5.82 Å². The normalized spacial score (nSPS) is 13.5. The first kappa shape index (κ1) is 21.1. The molecule has 0 radical (unpaired) electrons. The fraction of sp³-hybridized carbons (Fsp3) is 0.154. The minimum Gasteiger partial charge on any atom is -0.456 e. The zero-order valence-corrected chi connectivity index (χ0v) is 18.9. The van der Waals surface area contributed by atoms with Crippen LogP contribution in [-0.4, -0.2) is 55.1 Å². The molecule has 2 N–H and O–H groups in total. The van der Waals surface area contributed by atoms with Crippen LogP contribution in [0, 0.1) is 6.92 Å². The lowest BCUT2D eigenvalue weighted by molar-refractivity contribution is 0.0168. The summed E-state index contributed by atoms with van der Waals surface area (Å²) in [6, 6.07) is 13.9. The van der Waals surface area contributed by atoms with Crippen LogP contribution >= 0.6 is 0 Å². The number of fused-ring (bicyclic) bond motifs is 1. The average molecular weight is 464 g/mol. The predicted octanol–water partition coefficient (Wildman–Crippen LogP) is 3.58. The number of pyridine rings is 2. The van der Waals surface area contributed by atoms with Gasteiger partial charge in [-0.15, -0.1) is 0 Å². The van der Waals surface area contributed by atoms with Gasteiger partial charge in [0.05, 0.1) is 34.5 Å². The number of carbonyl (C=O) groups excluding carboxylic acids is 1. The smallest absolute Gasteiger partial charge is 0.341 e. The highest BCUT2D eigenvalue weighted by Gasteiger charge is 2.22. The van der Waals surface area contributed by atoms with Gasteiger partial charge in [0.1, 0.15) is 6.10 Å². The lowest BCUT2D eigenvalue weighted by Gasteiger charge is -2.26. The molecule has 0 bridgehead atoms. The summed E-state index contributed by atoms with van der Waals surface area (Å²) in [6.07, 6.45) is 6.30. The lowest BCUT2D eigenvalue weighted by atomic mass is 10.0. The SMILES string of the molecule is Cc1cccc(-c2[nH]cnc2-c2ccc3ncc(-c4ncc(C(=O)OC5CNC5)cn4)cc3c2)n1. The molecule has 35 heavy (non-hydrogen) atoms. The van der Waals surface area contributed by atoms with Crippen LogP contribution in [-0.2, 0) is 4.74 Å². The number of aryl methyl sites for hydroxylation is 1. The Hall–Kier alpha value is -4.50. The Morgan fingerprint density at radius 3 is 2.57 bits per heavy atom. The molecule has 1 aliphatic rings. The summed E-state index contributed by atoms with van der Waals surface area (Å²) in [5.74, 6) is 0.0679. The highest BCUT2D eigenvalue weighted by atomic mass is 16.5. The predicted molar refractivity (Wildman–Crippen MR) is 130 cm³/mol. The molecule has 9 nitrogen and oxygen atoms in total. The molecule has 172 valence electrons. The van der Waals surface area contributed by atoms with Crippen LogP contribution in [0.25, 0.3) is 44.9 Å². The van der Waals surface area contributed by atoms with E-state index in [1.165, 1.54) is 12.4 Å². The molecule has 0 atom stereocenters. The van der Waals surface area contributed by atoms with Crippen molar-refractivity contribution in [2.45, 2.75) is 13.0 Å². The number of rotatable bonds is 5. The highest BCUT2D eigenvalue weighted by molar-refractivity contribution is 5.90. The Labute approximate surface area is 200 Å². The second-order valence-electron chi connectivity index (χ2n) is 8.40. The van der Waals surface area contributed by atoms with Crippen LogP contribution in [0.3, 0.4) is 0 Å². The van der Waals surface area contributed by atoms with E-state index in [2.05, 4.69) is 35.2 Å². The third-order valence-electron chi connectivity index (χ3n) is 5.90. The minimum absolute atomic E-state index is 0.0854. The molecule has 6 rings (SSSR count). The van der Waals surface area contributed by atoms with Gasteiger partial charge in [0, 0.05) is 53.9 Å². The lowest BCUT2D eigenvalue weighted by Crippen LogP contribution is -2.49. The molecule has 9 heteroatoms. The molecule has 0 unspecified atom stereocenters. The fourth-order valence-electron chi connectivity index (χ4n) is 3.94. The summed E-state index contributed by atoms with van der Waals surface area (Å²) in [7, 11) is 0. The van der Waals surface area contributed by atoms with Gasteiger partial charge >= 0.3 is 5.97 Å². The van der Waals surface area contributed by atoms with Crippen molar-refractivity contribution >= 4 is 16.9 Å². The number of carbonyl (C=O) groups is 1. The third-order valence-corrected chi connectivity index (χ3v) is 5.90. The average Bonchev–Trinajstić information content (AvgIpc) is 3.36. The maximum absolute atomic E-state index is 12.2. The maximum atomic E-state index is 12.2. The van der Waals surface area contributed by atoms with Crippen LogP contribution in [0.15, 0.2) is 67.4 Å². The molecule has 0 saturated carbocycles. The first-order chi connectivity index (χ1) is 17.1. The second kappa shape index (κ2) is 8.69. The van der Waals surface area contributed by atoms with E-state index < -0.39 is 5.97 Å². The van der Waals surface area contributed by atoms with E-state index in [0.717, 1.165) is 44.8 Å². The van der Waals surface area contributed by atoms with Crippen molar-refractivity contribution < 1.29 is 9.53 Å². The van der Waals surface area contributed by atoms with Crippen LogP contribution in [0.2, 0.25) is 0 Å². The van der Waals surface area contributed by atoms with Crippen LogP contribution < -0.4 is 5.32 Å². The summed E-state index contributed by atoms with van der Waals surface area (Å²) in [5, 5.41) is 3.99. The van der Waals surface area contributed by atoms with Crippen molar-refractivity contribution in [2.75, 3.05) is 13.1 Å². The summed E-state index contributed by atoms with van der Waals surface area (Å²) < 4.78 is 5.37. The number of aromatic amines is 1. The second-order valence-corrected chi connectivity index (χ2v) is 8.40. The van der Waals surface area contributed by atoms with Crippen molar-refractivity contribution in [3.05, 3.63) is 78.6 Å². The van der Waals surface area contributed by atoms with Crippen LogP contribution in [0.1, 0.15) is 16.1 Å². The number of aromatic nitrogens is 6. The number of nitrogens with zero attached hydrogens (tertiary/aromatic N) is 5. The van der Waals surface area contributed by atoms with Crippen molar-refractivity contribution in [3.63, 3.8) is 0 Å². The standard InChI is InChI=1S/C26H21N7O2/c1-15-3-2-4-22(33-15)24-23(31-14-32-24)16-5-6-21-17(7-16)8-18(9-28-21)25-29-10-19(11-30-25)26(34)35-20-12-27-13-20/h2-11,14,20,27H,12-13H2,1H3,(H,31,32). The largest absolute Gasteiger partial charge is 0.456 e. The van der Waals surface area contributed by atoms with Gasteiger partial charge in [-0.2, -0.15) is 0 Å². The summed E-state index contributed by atoms with van der Waals surface area (Å²) in [4.78, 5) is 37.9. The molecule has 0 aliphatic carbocycles. The van der Waals surface area contributed by atoms with Crippen molar-refractivity contribution in [3.8, 4) is 34.0 Å². The summed E-state index contributed by atoms with van der Waals surface area (Å²) in [6.45, 7) is 3.32. The monoisotopic (exact) mass is 463 g/mol. The molecular formula is C26H21N7O2. The zero-order chi connectivity index (χ0) is 23.8. The number of ether oxygens (including phenoxy) is 1. The van der Waals surface area contributed by atoms with Gasteiger partial charge in [-0.25, -0.2) is 19.7 Å². The number of hydrogen-bond acceptors (Lipinski definition) is 8. The molecule has 5 heterocycles. The molecule has 0 amide bonds. The molecule has 4 aromatic heterocycles. The summed E-state index contributed by atoms with van der Waals surface area (Å²) in [5.41, 5.74) is 6.32. The van der Waals surface area contributed by atoms with E-state index in [4.69, 9.17) is 4.74 Å². The molecule has 5 aromatic rings. The Morgan fingerprint density at radius 2 is 1.80 bits per heavy atom. The molecular weight excluding hydrogens is 442 g/mol. The molecule has 0 spiro atoms. The van der Waals surface area contributed by atoms with Crippen molar-refractivity contribution in [1.29, 1.82) is 0 Å². The summed E-state index contributed by atoms with van der Waals surface area (Å²) >= 11 is 0. The number of imidazole rings is 1. The number of nitrogens with one attached hydrogen (secondary N) is 2. The van der Waals surface area contributed by atoms with Gasteiger partial charge in [-0.05, 0) is 37.3 Å². The maximum Gasteiger partial charge on any atom is 0.341 e. The Morgan fingerprint density at radius 1 is 0.971 bits per heavy atom. The molecule has 1 aliphatic heterocycles. The van der Waals surface area contributed by atoms with E-state index in [0.29, 0.717) is 24.5 Å². The van der Waals surface area contributed by atoms with E-state index in [9.17, 15) is 4.79 Å². The van der Waals surface area contributed by atoms with Gasteiger partial charge in [0.25, 0.3) is 0 Å². The third kappa shape index (κ3) is 4.13. The highest BCUT2D eigenvalue weighted by Crippen LogP contribution is 2.30. The van der Waals surface area contributed by atoms with Crippen LogP contribution in [0.5, 0.6) is 0 Å². The topological polar surface area (TPSA) is 119 Å². The quantitative estimate of drug-likeness (QED) is 0.380. The van der Waals surface area contributed by atoms with E-state index in [1.807, 2.05) is 49.4 Å². The van der Waals surface area contributed by atoms with E-state index >= 15 is 0 Å². The van der Waals surface area contributed by atoms with Crippen molar-refractivity contribution in [2.24, 2.45) is 0 Å². The van der Waals surface area contributed by atoms with Crippen molar-refractivity contribution in [1.82, 2.24) is 35.2 Å².